The van der Waals surface area contributed by atoms with Crippen LogP contribution in [0.15, 0.2) is 24.3 Å². The second-order valence-electron chi connectivity index (χ2n) is 5.06. The average molecular weight is 276 g/mol. The third-order valence-electron chi connectivity index (χ3n) is 3.62. The lowest BCUT2D eigenvalue weighted by molar-refractivity contribution is -0.128. The van der Waals surface area contributed by atoms with Crippen LogP contribution in [0.25, 0.3) is 0 Å². The van der Waals surface area contributed by atoms with Crippen molar-refractivity contribution < 1.29 is 9.53 Å². The van der Waals surface area contributed by atoms with Gasteiger partial charge in [-0.2, -0.15) is 0 Å². The summed E-state index contributed by atoms with van der Waals surface area (Å²) in [5, 5.41) is 3.46. The summed E-state index contributed by atoms with van der Waals surface area (Å²) in [5.41, 5.74) is 1.20. The lowest BCUT2D eigenvalue weighted by Crippen LogP contribution is -2.35. The van der Waals surface area contributed by atoms with E-state index in [9.17, 15) is 4.79 Å². The number of carbonyl (C=O) groups is 1. The molecule has 1 aromatic rings. The molecule has 1 unspecified atom stereocenters. The van der Waals surface area contributed by atoms with Gasteiger partial charge in [0.15, 0.2) is 0 Å². The van der Waals surface area contributed by atoms with Gasteiger partial charge in [-0.05, 0) is 37.6 Å². The molecule has 4 heteroatoms. The number of likely N-dealkylation sites (tertiary alicyclic amines) is 1. The molecule has 1 aromatic carbocycles. The Morgan fingerprint density at radius 1 is 1.30 bits per heavy atom. The van der Waals surface area contributed by atoms with E-state index in [4.69, 9.17) is 4.74 Å². The molecule has 0 radical (unpaired) electrons. The topological polar surface area (TPSA) is 41.6 Å². The quantitative estimate of drug-likeness (QED) is 0.831. The molecule has 1 fully saturated rings. The molecule has 110 valence electrons. The predicted molar refractivity (Wildman–Crippen MR) is 79.8 cm³/mol. The largest absolute Gasteiger partial charge is 0.494 e. The van der Waals surface area contributed by atoms with Gasteiger partial charge in [-0.25, -0.2) is 0 Å². The molecule has 1 heterocycles. The van der Waals surface area contributed by atoms with Crippen molar-refractivity contribution in [1.29, 1.82) is 0 Å². The monoisotopic (exact) mass is 276 g/mol. The van der Waals surface area contributed by atoms with Crippen LogP contribution in [0.2, 0.25) is 0 Å². The average Bonchev–Trinajstić information content (AvgIpc) is 2.85. The molecule has 20 heavy (non-hydrogen) atoms. The molecular weight excluding hydrogens is 252 g/mol. The molecule has 2 rings (SSSR count). The summed E-state index contributed by atoms with van der Waals surface area (Å²) in [5.74, 6) is 1.17. The van der Waals surface area contributed by atoms with Gasteiger partial charge in [0.25, 0.3) is 0 Å². The van der Waals surface area contributed by atoms with E-state index in [2.05, 4.69) is 24.4 Å². The summed E-state index contributed by atoms with van der Waals surface area (Å²) in [6.07, 6.45) is 1.68. The number of rotatable bonds is 7. The SMILES string of the molecule is CCNC(CN1CCCC1=O)c1ccc(OCC)cc1. The van der Waals surface area contributed by atoms with E-state index < -0.39 is 0 Å². The van der Waals surface area contributed by atoms with Gasteiger partial charge in [0.2, 0.25) is 5.91 Å². The molecule has 0 aromatic heterocycles. The van der Waals surface area contributed by atoms with Crippen LogP contribution >= 0.6 is 0 Å². The van der Waals surface area contributed by atoms with Crippen molar-refractivity contribution in [3.63, 3.8) is 0 Å². The Bertz CT molecular complexity index is 431. The fourth-order valence-electron chi connectivity index (χ4n) is 2.61. The molecular formula is C16H24N2O2. The number of nitrogens with one attached hydrogen (secondary N) is 1. The molecule has 0 saturated carbocycles. The second kappa shape index (κ2) is 7.29. The highest BCUT2D eigenvalue weighted by molar-refractivity contribution is 5.78. The Kier molecular flexibility index (Phi) is 5.41. The third-order valence-corrected chi connectivity index (χ3v) is 3.62. The van der Waals surface area contributed by atoms with Crippen LogP contribution in [0.5, 0.6) is 5.75 Å². The highest BCUT2D eigenvalue weighted by atomic mass is 16.5. The second-order valence-corrected chi connectivity index (χ2v) is 5.06. The minimum absolute atomic E-state index is 0.192. The first-order valence-electron chi connectivity index (χ1n) is 7.48. The van der Waals surface area contributed by atoms with E-state index in [1.54, 1.807) is 0 Å². The van der Waals surface area contributed by atoms with Gasteiger partial charge in [-0.3, -0.25) is 4.79 Å². The van der Waals surface area contributed by atoms with E-state index >= 15 is 0 Å². The zero-order valence-electron chi connectivity index (χ0n) is 12.4. The first-order chi connectivity index (χ1) is 9.74. The lowest BCUT2D eigenvalue weighted by Gasteiger charge is -2.25. The summed E-state index contributed by atoms with van der Waals surface area (Å²) in [6.45, 7) is 7.28. The maximum atomic E-state index is 11.8. The molecule has 1 N–H and O–H groups in total. The zero-order chi connectivity index (χ0) is 14.4. The van der Waals surface area contributed by atoms with Crippen molar-refractivity contribution in [2.75, 3.05) is 26.2 Å². The maximum absolute atomic E-state index is 11.8. The number of benzene rings is 1. The van der Waals surface area contributed by atoms with Crippen LogP contribution in [-0.2, 0) is 4.79 Å². The van der Waals surface area contributed by atoms with Crippen molar-refractivity contribution in [3.8, 4) is 5.75 Å². The number of ether oxygens (including phenoxy) is 1. The van der Waals surface area contributed by atoms with Crippen molar-refractivity contribution >= 4 is 5.91 Å². The molecule has 1 aliphatic rings. The van der Waals surface area contributed by atoms with Crippen LogP contribution in [-0.4, -0.2) is 37.0 Å². The van der Waals surface area contributed by atoms with Gasteiger partial charge >= 0.3 is 0 Å². The number of hydrogen-bond donors (Lipinski definition) is 1. The summed E-state index contributed by atoms with van der Waals surface area (Å²) < 4.78 is 5.47. The van der Waals surface area contributed by atoms with Crippen molar-refractivity contribution in [3.05, 3.63) is 29.8 Å². The summed E-state index contributed by atoms with van der Waals surface area (Å²) >= 11 is 0. The maximum Gasteiger partial charge on any atom is 0.222 e. The molecule has 4 nitrogen and oxygen atoms in total. The number of nitrogens with zero attached hydrogens (tertiary/aromatic N) is 1. The fraction of sp³-hybridized carbons (Fsp3) is 0.562. The number of likely N-dealkylation sites (N-methyl/N-ethyl adjacent to an activating group) is 1. The third kappa shape index (κ3) is 3.73. The number of carbonyl (C=O) groups excluding carboxylic acids is 1. The van der Waals surface area contributed by atoms with E-state index in [0.29, 0.717) is 13.0 Å². The Balaban J connectivity index is 2.04. The molecule has 1 aliphatic heterocycles. The van der Waals surface area contributed by atoms with Crippen LogP contribution < -0.4 is 10.1 Å². The highest BCUT2D eigenvalue weighted by Crippen LogP contribution is 2.21. The molecule has 1 atom stereocenters. The van der Waals surface area contributed by atoms with Gasteiger partial charge in [0, 0.05) is 25.6 Å². The molecule has 0 spiro atoms. The number of amides is 1. The Morgan fingerprint density at radius 3 is 2.60 bits per heavy atom. The van der Waals surface area contributed by atoms with Crippen molar-refractivity contribution in [1.82, 2.24) is 10.2 Å². The Labute approximate surface area is 121 Å². The number of hydrogen-bond acceptors (Lipinski definition) is 3. The summed E-state index contributed by atoms with van der Waals surface area (Å²) in [6, 6.07) is 8.35. The first kappa shape index (κ1) is 14.9. The van der Waals surface area contributed by atoms with Gasteiger partial charge < -0.3 is 15.0 Å². The van der Waals surface area contributed by atoms with E-state index in [0.717, 1.165) is 31.8 Å². The molecule has 1 amide bonds. The van der Waals surface area contributed by atoms with E-state index in [1.807, 2.05) is 24.0 Å². The minimum Gasteiger partial charge on any atom is -0.494 e. The minimum atomic E-state index is 0.192. The molecule has 0 aliphatic carbocycles. The standard InChI is InChI=1S/C16H24N2O2/c1-3-17-15(12-18-11-5-6-16(18)19)13-7-9-14(10-8-13)20-4-2/h7-10,15,17H,3-6,11-12H2,1-2H3. The van der Waals surface area contributed by atoms with Gasteiger partial charge in [0.05, 0.1) is 6.61 Å². The predicted octanol–water partition coefficient (Wildman–Crippen LogP) is 2.36. The van der Waals surface area contributed by atoms with Crippen LogP contribution in [0.1, 0.15) is 38.3 Å². The van der Waals surface area contributed by atoms with E-state index in [1.165, 1.54) is 5.56 Å². The summed E-state index contributed by atoms with van der Waals surface area (Å²) in [7, 11) is 0. The van der Waals surface area contributed by atoms with Crippen LogP contribution in [0.3, 0.4) is 0 Å². The van der Waals surface area contributed by atoms with Crippen LogP contribution in [0.4, 0.5) is 0 Å². The van der Waals surface area contributed by atoms with Gasteiger partial charge in [-0.15, -0.1) is 0 Å². The smallest absolute Gasteiger partial charge is 0.222 e. The molecule has 1 saturated heterocycles. The Hall–Kier alpha value is -1.55. The fourth-order valence-corrected chi connectivity index (χ4v) is 2.61. The highest BCUT2D eigenvalue weighted by Gasteiger charge is 2.23. The van der Waals surface area contributed by atoms with Crippen LogP contribution in [0, 0.1) is 0 Å². The molecule has 0 bridgehead atoms. The summed E-state index contributed by atoms with van der Waals surface area (Å²) in [4.78, 5) is 13.7. The van der Waals surface area contributed by atoms with Crippen molar-refractivity contribution in [2.24, 2.45) is 0 Å². The Morgan fingerprint density at radius 2 is 2.05 bits per heavy atom. The first-order valence-corrected chi connectivity index (χ1v) is 7.48. The van der Waals surface area contributed by atoms with Crippen molar-refractivity contribution in [2.45, 2.75) is 32.7 Å². The van der Waals surface area contributed by atoms with Gasteiger partial charge in [-0.1, -0.05) is 19.1 Å². The van der Waals surface area contributed by atoms with E-state index in [-0.39, 0.29) is 11.9 Å². The lowest BCUT2D eigenvalue weighted by atomic mass is 10.1. The zero-order valence-corrected chi connectivity index (χ0v) is 12.4. The normalized spacial score (nSPS) is 16.5. The van der Waals surface area contributed by atoms with Gasteiger partial charge in [0.1, 0.15) is 5.75 Å².